The molecule has 0 radical (unpaired) electrons. The molecule has 0 amide bonds. The minimum absolute atomic E-state index is 0.265. The Kier molecular flexibility index (Phi) is 3.19. The number of carbonyl (C=O) groups is 1. The number of aldehydes is 1. The molecule has 0 aliphatic carbocycles. The van der Waals surface area contributed by atoms with E-state index in [0.717, 1.165) is 17.7 Å². The van der Waals surface area contributed by atoms with Crippen molar-refractivity contribution in [1.29, 1.82) is 0 Å². The molecule has 0 fully saturated rings. The van der Waals surface area contributed by atoms with Crippen molar-refractivity contribution in [3.05, 3.63) is 59.9 Å². The summed E-state index contributed by atoms with van der Waals surface area (Å²) < 4.78 is 13.1. The summed E-state index contributed by atoms with van der Waals surface area (Å²) in [4.78, 5) is 12.4. The highest BCUT2D eigenvalue weighted by atomic mass is 19.1. The first-order valence-corrected chi connectivity index (χ1v) is 5.25. The smallest absolute Gasteiger partial charge is 0.150 e. The molecule has 0 atom stereocenters. The molecule has 17 heavy (non-hydrogen) atoms. The van der Waals surface area contributed by atoms with Crippen LogP contribution in [0.15, 0.2) is 48.5 Å². The molecule has 0 aliphatic heterocycles. The van der Waals surface area contributed by atoms with Crippen LogP contribution in [0.4, 0.5) is 15.8 Å². The van der Waals surface area contributed by atoms with Crippen molar-refractivity contribution >= 4 is 17.7 Å². The van der Waals surface area contributed by atoms with Crippen molar-refractivity contribution in [2.24, 2.45) is 0 Å². The van der Waals surface area contributed by atoms with Crippen LogP contribution in [-0.2, 0) is 0 Å². The van der Waals surface area contributed by atoms with Gasteiger partial charge >= 0.3 is 0 Å². The second kappa shape index (κ2) is 4.78. The quantitative estimate of drug-likeness (QED) is 0.752. The van der Waals surface area contributed by atoms with Crippen molar-refractivity contribution in [3.8, 4) is 0 Å². The van der Waals surface area contributed by atoms with E-state index >= 15 is 0 Å². The molecule has 3 heteroatoms. The van der Waals surface area contributed by atoms with Crippen LogP contribution in [0.1, 0.15) is 10.4 Å². The van der Waals surface area contributed by atoms with Gasteiger partial charge < -0.3 is 4.90 Å². The van der Waals surface area contributed by atoms with Crippen LogP contribution in [0.3, 0.4) is 0 Å². The van der Waals surface area contributed by atoms with E-state index in [4.69, 9.17) is 0 Å². The summed E-state index contributed by atoms with van der Waals surface area (Å²) >= 11 is 0. The monoisotopic (exact) mass is 229 g/mol. The highest BCUT2D eigenvalue weighted by molar-refractivity contribution is 5.76. The van der Waals surface area contributed by atoms with Gasteiger partial charge in [0.15, 0.2) is 0 Å². The standard InChI is InChI=1S/C14H12FNO/c1-16(14-4-2-3-12(15)9-14)13-7-5-11(10-17)6-8-13/h2-10H,1H3. The Hall–Kier alpha value is -2.16. The molecule has 0 aliphatic rings. The number of benzene rings is 2. The van der Waals surface area contributed by atoms with Gasteiger partial charge in [0.2, 0.25) is 0 Å². The van der Waals surface area contributed by atoms with Crippen LogP contribution in [0.25, 0.3) is 0 Å². The molecule has 0 aromatic heterocycles. The van der Waals surface area contributed by atoms with Crippen LogP contribution in [0, 0.1) is 5.82 Å². The van der Waals surface area contributed by atoms with Gasteiger partial charge in [-0.25, -0.2) is 4.39 Å². The molecule has 0 bridgehead atoms. The molecule has 0 unspecified atom stereocenters. The summed E-state index contributed by atoms with van der Waals surface area (Å²) in [6.07, 6.45) is 0.798. The first kappa shape index (κ1) is 11.3. The zero-order valence-corrected chi connectivity index (χ0v) is 9.43. The van der Waals surface area contributed by atoms with E-state index in [1.54, 1.807) is 18.2 Å². The number of rotatable bonds is 3. The Morgan fingerprint density at radius 1 is 1.06 bits per heavy atom. The van der Waals surface area contributed by atoms with Crippen molar-refractivity contribution in [2.75, 3.05) is 11.9 Å². The van der Waals surface area contributed by atoms with Crippen LogP contribution in [0.2, 0.25) is 0 Å². The van der Waals surface area contributed by atoms with Crippen LogP contribution in [-0.4, -0.2) is 13.3 Å². The molecule has 2 nitrogen and oxygen atoms in total. The average Bonchev–Trinajstić information content (AvgIpc) is 2.38. The maximum absolute atomic E-state index is 13.1. The lowest BCUT2D eigenvalue weighted by Gasteiger charge is -2.19. The lowest BCUT2D eigenvalue weighted by Crippen LogP contribution is -2.09. The number of nitrogens with zero attached hydrogens (tertiary/aromatic N) is 1. The summed E-state index contributed by atoms with van der Waals surface area (Å²) in [7, 11) is 1.85. The Labute approximate surface area is 99.3 Å². The second-order valence-electron chi connectivity index (χ2n) is 3.75. The highest BCUT2D eigenvalue weighted by Gasteiger charge is 2.04. The van der Waals surface area contributed by atoms with E-state index in [9.17, 15) is 9.18 Å². The number of anilines is 2. The van der Waals surface area contributed by atoms with Crippen molar-refractivity contribution in [1.82, 2.24) is 0 Å². The van der Waals surface area contributed by atoms with Gasteiger partial charge in [-0.3, -0.25) is 4.79 Å². The van der Waals surface area contributed by atoms with E-state index in [1.807, 2.05) is 30.1 Å². The first-order chi connectivity index (χ1) is 8.20. The number of carbonyl (C=O) groups excluding carboxylic acids is 1. The summed E-state index contributed by atoms with van der Waals surface area (Å²) in [5.74, 6) is -0.265. The van der Waals surface area contributed by atoms with E-state index in [0.29, 0.717) is 5.56 Å². The minimum Gasteiger partial charge on any atom is -0.345 e. The van der Waals surface area contributed by atoms with Gasteiger partial charge in [-0.2, -0.15) is 0 Å². The predicted octanol–water partition coefficient (Wildman–Crippen LogP) is 3.41. The van der Waals surface area contributed by atoms with Crippen molar-refractivity contribution < 1.29 is 9.18 Å². The van der Waals surface area contributed by atoms with Crippen LogP contribution >= 0.6 is 0 Å². The average molecular weight is 229 g/mol. The summed E-state index contributed by atoms with van der Waals surface area (Å²) in [5, 5.41) is 0. The van der Waals surface area contributed by atoms with E-state index in [-0.39, 0.29) is 5.82 Å². The fraction of sp³-hybridized carbons (Fsp3) is 0.0714. The Morgan fingerprint density at radius 2 is 1.76 bits per heavy atom. The molecule has 0 heterocycles. The summed E-state index contributed by atoms with van der Waals surface area (Å²) in [5.41, 5.74) is 2.30. The second-order valence-corrected chi connectivity index (χ2v) is 3.75. The molecule has 2 rings (SSSR count). The highest BCUT2D eigenvalue weighted by Crippen LogP contribution is 2.23. The molecule has 0 saturated carbocycles. The number of hydrogen-bond donors (Lipinski definition) is 0. The first-order valence-electron chi connectivity index (χ1n) is 5.25. The fourth-order valence-electron chi connectivity index (χ4n) is 1.61. The number of halogens is 1. The van der Waals surface area contributed by atoms with Gasteiger partial charge in [-0.05, 0) is 42.5 Å². The molecule has 86 valence electrons. The van der Waals surface area contributed by atoms with Gasteiger partial charge in [-0.15, -0.1) is 0 Å². The Balaban J connectivity index is 2.29. The molecule has 0 spiro atoms. The summed E-state index contributed by atoms with van der Waals surface area (Å²) in [6.45, 7) is 0. The molecule has 0 N–H and O–H groups in total. The van der Waals surface area contributed by atoms with Crippen molar-refractivity contribution in [3.63, 3.8) is 0 Å². The van der Waals surface area contributed by atoms with Crippen molar-refractivity contribution in [2.45, 2.75) is 0 Å². The lowest BCUT2D eigenvalue weighted by atomic mass is 10.2. The SMILES string of the molecule is CN(c1ccc(C=O)cc1)c1cccc(F)c1. The number of hydrogen-bond acceptors (Lipinski definition) is 2. The predicted molar refractivity (Wildman–Crippen MR) is 66.3 cm³/mol. The zero-order chi connectivity index (χ0) is 12.3. The normalized spacial score (nSPS) is 10.0. The third kappa shape index (κ3) is 2.50. The molecular weight excluding hydrogens is 217 g/mol. The van der Waals surface area contributed by atoms with E-state index in [2.05, 4.69) is 0 Å². The Morgan fingerprint density at radius 3 is 2.35 bits per heavy atom. The van der Waals surface area contributed by atoms with E-state index < -0.39 is 0 Å². The minimum atomic E-state index is -0.265. The molecule has 0 saturated heterocycles. The molecule has 2 aromatic rings. The van der Waals surface area contributed by atoms with Gasteiger partial charge in [0.05, 0.1) is 0 Å². The largest absolute Gasteiger partial charge is 0.345 e. The van der Waals surface area contributed by atoms with Gasteiger partial charge in [0.25, 0.3) is 0 Å². The topological polar surface area (TPSA) is 20.3 Å². The fourth-order valence-corrected chi connectivity index (χ4v) is 1.61. The van der Waals surface area contributed by atoms with Gasteiger partial charge in [-0.1, -0.05) is 6.07 Å². The summed E-state index contributed by atoms with van der Waals surface area (Å²) in [6, 6.07) is 13.5. The van der Waals surface area contributed by atoms with E-state index in [1.165, 1.54) is 12.1 Å². The molecular formula is C14H12FNO. The third-order valence-corrected chi connectivity index (χ3v) is 2.61. The third-order valence-electron chi connectivity index (χ3n) is 2.61. The van der Waals surface area contributed by atoms with Crippen LogP contribution in [0.5, 0.6) is 0 Å². The van der Waals surface area contributed by atoms with Crippen LogP contribution < -0.4 is 4.90 Å². The zero-order valence-electron chi connectivity index (χ0n) is 9.43. The maximum Gasteiger partial charge on any atom is 0.150 e. The van der Waals surface area contributed by atoms with Gasteiger partial charge in [0.1, 0.15) is 12.1 Å². The maximum atomic E-state index is 13.1. The molecule has 2 aromatic carbocycles. The van der Waals surface area contributed by atoms with Gasteiger partial charge in [0, 0.05) is 24.0 Å². The Bertz CT molecular complexity index is 522. The lowest BCUT2D eigenvalue weighted by molar-refractivity contribution is 0.112.